The standard InChI is InChI=1S/C12H17N3O/c1-14-6-8-15(9-7-14)13-10-11-4-2-3-5-12(11)16/h2-5,10,16H,6-9H2,1H3/b13-10+. The summed E-state index contributed by atoms with van der Waals surface area (Å²) in [7, 11) is 2.12. The molecule has 0 saturated carbocycles. The highest BCUT2D eigenvalue weighted by atomic mass is 16.3. The molecular formula is C12H17N3O. The van der Waals surface area contributed by atoms with E-state index in [1.165, 1.54) is 0 Å². The van der Waals surface area contributed by atoms with E-state index >= 15 is 0 Å². The number of hydrogen-bond donors (Lipinski definition) is 1. The average molecular weight is 219 g/mol. The number of benzene rings is 1. The number of likely N-dealkylation sites (N-methyl/N-ethyl adjacent to an activating group) is 1. The van der Waals surface area contributed by atoms with Crippen molar-refractivity contribution >= 4 is 6.21 Å². The van der Waals surface area contributed by atoms with E-state index in [4.69, 9.17) is 0 Å². The van der Waals surface area contributed by atoms with Crippen LogP contribution in [-0.4, -0.2) is 54.5 Å². The first-order valence-corrected chi connectivity index (χ1v) is 5.51. The molecule has 16 heavy (non-hydrogen) atoms. The number of para-hydroxylation sites is 1. The van der Waals surface area contributed by atoms with Gasteiger partial charge in [0, 0.05) is 31.7 Å². The number of hydrazone groups is 1. The molecule has 1 aromatic rings. The molecule has 0 bridgehead atoms. The van der Waals surface area contributed by atoms with Crippen LogP contribution < -0.4 is 0 Å². The first kappa shape index (κ1) is 11.0. The fourth-order valence-corrected chi connectivity index (χ4v) is 1.65. The molecule has 4 heteroatoms. The van der Waals surface area contributed by atoms with Gasteiger partial charge in [-0.25, -0.2) is 0 Å². The molecule has 0 aliphatic carbocycles. The van der Waals surface area contributed by atoms with Crippen molar-refractivity contribution in [1.29, 1.82) is 0 Å². The molecule has 1 aliphatic rings. The quantitative estimate of drug-likeness (QED) is 0.753. The highest BCUT2D eigenvalue weighted by molar-refractivity contribution is 5.82. The van der Waals surface area contributed by atoms with Gasteiger partial charge in [-0.05, 0) is 19.2 Å². The Balaban J connectivity index is 1.97. The molecule has 0 unspecified atom stereocenters. The summed E-state index contributed by atoms with van der Waals surface area (Å²) in [5.41, 5.74) is 0.765. The van der Waals surface area contributed by atoms with Crippen molar-refractivity contribution in [3.8, 4) is 5.75 Å². The second-order valence-electron chi connectivity index (χ2n) is 4.06. The molecule has 0 amide bonds. The summed E-state index contributed by atoms with van der Waals surface area (Å²) < 4.78 is 0. The van der Waals surface area contributed by atoms with E-state index in [2.05, 4.69) is 17.0 Å². The van der Waals surface area contributed by atoms with Crippen LogP contribution in [0.3, 0.4) is 0 Å². The predicted octanol–water partition coefficient (Wildman–Crippen LogP) is 0.974. The van der Waals surface area contributed by atoms with Crippen molar-refractivity contribution in [3.63, 3.8) is 0 Å². The van der Waals surface area contributed by atoms with Gasteiger partial charge in [-0.1, -0.05) is 12.1 Å². The minimum atomic E-state index is 0.278. The third-order valence-corrected chi connectivity index (χ3v) is 2.78. The van der Waals surface area contributed by atoms with E-state index in [0.29, 0.717) is 0 Å². The maximum Gasteiger partial charge on any atom is 0.124 e. The molecule has 1 fully saturated rings. The minimum Gasteiger partial charge on any atom is -0.507 e. The molecule has 1 saturated heterocycles. The zero-order valence-electron chi connectivity index (χ0n) is 9.50. The highest BCUT2D eigenvalue weighted by Crippen LogP contribution is 2.13. The fraction of sp³-hybridized carbons (Fsp3) is 0.417. The molecule has 1 aromatic carbocycles. The molecule has 2 rings (SSSR count). The lowest BCUT2D eigenvalue weighted by atomic mass is 10.2. The zero-order chi connectivity index (χ0) is 11.4. The summed E-state index contributed by atoms with van der Waals surface area (Å²) in [5, 5.41) is 16.0. The smallest absolute Gasteiger partial charge is 0.124 e. The Hall–Kier alpha value is -1.55. The average Bonchev–Trinajstić information content (AvgIpc) is 2.30. The fourth-order valence-electron chi connectivity index (χ4n) is 1.65. The summed E-state index contributed by atoms with van der Waals surface area (Å²) in [5.74, 6) is 0.278. The Kier molecular flexibility index (Phi) is 3.41. The Labute approximate surface area is 95.8 Å². The third-order valence-electron chi connectivity index (χ3n) is 2.78. The van der Waals surface area contributed by atoms with Crippen molar-refractivity contribution in [2.24, 2.45) is 5.10 Å². The van der Waals surface area contributed by atoms with E-state index in [1.807, 2.05) is 23.2 Å². The van der Waals surface area contributed by atoms with Crippen LogP contribution in [0.15, 0.2) is 29.4 Å². The van der Waals surface area contributed by atoms with Crippen molar-refractivity contribution in [2.45, 2.75) is 0 Å². The first-order valence-electron chi connectivity index (χ1n) is 5.51. The molecule has 0 atom stereocenters. The van der Waals surface area contributed by atoms with E-state index in [9.17, 15) is 5.11 Å². The Bertz CT molecular complexity index is 370. The van der Waals surface area contributed by atoms with Crippen LogP contribution in [0.5, 0.6) is 5.75 Å². The van der Waals surface area contributed by atoms with Gasteiger partial charge in [0.1, 0.15) is 5.75 Å². The molecule has 0 radical (unpaired) electrons. The maximum absolute atomic E-state index is 9.56. The minimum absolute atomic E-state index is 0.278. The Morgan fingerprint density at radius 1 is 1.19 bits per heavy atom. The van der Waals surface area contributed by atoms with E-state index in [0.717, 1.165) is 31.7 Å². The van der Waals surface area contributed by atoms with Crippen LogP contribution in [0.4, 0.5) is 0 Å². The largest absolute Gasteiger partial charge is 0.507 e. The van der Waals surface area contributed by atoms with Gasteiger partial charge in [-0.2, -0.15) is 5.10 Å². The van der Waals surface area contributed by atoms with E-state index < -0.39 is 0 Å². The molecule has 86 valence electrons. The molecule has 0 spiro atoms. The van der Waals surface area contributed by atoms with Crippen molar-refractivity contribution < 1.29 is 5.11 Å². The number of hydrogen-bond acceptors (Lipinski definition) is 4. The topological polar surface area (TPSA) is 39.1 Å². The van der Waals surface area contributed by atoms with Gasteiger partial charge >= 0.3 is 0 Å². The molecule has 1 heterocycles. The van der Waals surface area contributed by atoms with Crippen LogP contribution in [0.1, 0.15) is 5.56 Å². The van der Waals surface area contributed by atoms with Crippen LogP contribution in [-0.2, 0) is 0 Å². The van der Waals surface area contributed by atoms with Gasteiger partial charge in [0.05, 0.1) is 6.21 Å². The number of nitrogens with zero attached hydrogens (tertiary/aromatic N) is 3. The lowest BCUT2D eigenvalue weighted by Gasteiger charge is -2.30. The zero-order valence-corrected chi connectivity index (χ0v) is 9.50. The Morgan fingerprint density at radius 2 is 1.88 bits per heavy atom. The lowest BCUT2D eigenvalue weighted by molar-refractivity contribution is 0.159. The molecular weight excluding hydrogens is 202 g/mol. The van der Waals surface area contributed by atoms with Crippen LogP contribution in [0.2, 0.25) is 0 Å². The number of rotatable bonds is 2. The SMILES string of the molecule is CN1CCN(/N=C/c2ccccc2O)CC1. The van der Waals surface area contributed by atoms with Gasteiger partial charge in [-0.15, -0.1) is 0 Å². The monoisotopic (exact) mass is 219 g/mol. The summed E-state index contributed by atoms with van der Waals surface area (Å²) in [6, 6.07) is 7.23. The maximum atomic E-state index is 9.56. The third kappa shape index (κ3) is 2.73. The summed E-state index contributed by atoms with van der Waals surface area (Å²) >= 11 is 0. The predicted molar refractivity (Wildman–Crippen MR) is 64.8 cm³/mol. The van der Waals surface area contributed by atoms with Gasteiger partial charge in [-0.3, -0.25) is 5.01 Å². The van der Waals surface area contributed by atoms with Crippen molar-refractivity contribution in [3.05, 3.63) is 29.8 Å². The molecule has 0 aromatic heterocycles. The van der Waals surface area contributed by atoms with E-state index in [1.54, 1.807) is 12.3 Å². The molecule has 4 nitrogen and oxygen atoms in total. The van der Waals surface area contributed by atoms with Crippen molar-refractivity contribution in [1.82, 2.24) is 9.91 Å². The van der Waals surface area contributed by atoms with E-state index in [-0.39, 0.29) is 5.75 Å². The number of phenols is 1. The number of aromatic hydroxyl groups is 1. The second kappa shape index (κ2) is 4.99. The Morgan fingerprint density at radius 3 is 2.56 bits per heavy atom. The summed E-state index contributed by atoms with van der Waals surface area (Å²) in [6.07, 6.45) is 1.72. The van der Waals surface area contributed by atoms with Gasteiger partial charge < -0.3 is 10.0 Å². The lowest BCUT2D eigenvalue weighted by Crippen LogP contribution is -2.41. The normalized spacial score (nSPS) is 18.2. The highest BCUT2D eigenvalue weighted by Gasteiger charge is 2.10. The van der Waals surface area contributed by atoms with Crippen LogP contribution in [0.25, 0.3) is 0 Å². The molecule has 1 aliphatic heterocycles. The molecule has 1 N–H and O–H groups in total. The van der Waals surface area contributed by atoms with Gasteiger partial charge in [0.25, 0.3) is 0 Å². The van der Waals surface area contributed by atoms with Gasteiger partial charge in [0.2, 0.25) is 0 Å². The second-order valence-corrected chi connectivity index (χ2v) is 4.06. The van der Waals surface area contributed by atoms with Crippen LogP contribution in [0, 0.1) is 0 Å². The number of piperazine rings is 1. The van der Waals surface area contributed by atoms with Crippen LogP contribution >= 0.6 is 0 Å². The number of phenolic OH excluding ortho intramolecular Hbond substituents is 1. The first-order chi connectivity index (χ1) is 7.75. The summed E-state index contributed by atoms with van der Waals surface area (Å²) in [6.45, 7) is 3.97. The van der Waals surface area contributed by atoms with Crippen molar-refractivity contribution in [2.75, 3.05) is 33.2 Å². The van der Waals surface area contributed by atoms with Gasteiger partial charge in [0.15, 0.2) is 0 Å². The summed E-state index contributed by atoms with van der Waals surface area (Å²) in [4.78, 5) is 2.28.